The van der Waals surface area contributed by atoms with Crippen LogP contribution in [0.15, 0.2) is 47.4 Å². The zero-order valence-corrected chi connectivity index (χ0v) is 18.9. The van der Waals surface area contributed by atoms with Crippen molar-refractivity contribution in [2.45, 2.75) is 23.8 Å². The van der Waals surface area contributed by atoms with Crippen molar-refractivity contribution in [1.82, 2.24) is 10.2 Å². The molecule has 2 heterocycles. The second kappa shape index (κ2) is 8.39. The van der Waals surface area contributed by atoms with Crippen molar-refractivity contribution in [3.05, 3.63) is 48.0 Å². The molecular weight excluding hydrogens is 450 g/mol. The van der Waals surface area contributed by atoms with Gasteiger partial charge in [0.2, 0.25) is 5.91 Å². The highest BCUT2D eigenvalue weighted by Crippen LogP contribution is 2.36. The number of carbonyl (C=O) groups is 3. The standard InChI is InChI=1S/C22H23N3O7S/c1-22(14-4-9-17-18(12-14)32-11-3-10-31-17)20(27)25(21(28)24-22)13-19(26)23-15-5-7-16(8-6-15)33(2,29)30/h4-9,12H,3,10-11,13H2,1-2H3,(H,23,26)(H,24,28)/t22-/m0/s1. The minimum atomic E-state index is -3.36. The first-order valence-corrected chi connectivity index (χ1v) is 12.1. The molecule has 2 aromatic carbocycles. The van der Waals surface area contributed by atoms with Gasteiger partial charge in [-0.3, -0.25) is 14.5 Å². The van der Waals surface area contributed by atoms with Crippen LogP contribution in [0.25, 0.3) is 0 Å². The van der Waals surface area contributed by atoms with Gasteiger partial charge in [-0.25, -0.2) is 13.2 Å². The molecule has 4 amide bonds. The smallest absolute Gasteiger partial charge is 0.325 e. The lowest BCUT2D eigenvalue weighted by Gasteiger charge is -2.23. The van der Waals surface area contributed by atoms with E-state index in [1.165, 1.54) is 24.3 Å². The highest BCUT2D eigenvalue weighted by Gasteiger charge is 2.49. The van der Waals surface area contributed by atoms with E-state index in [9.17, 15) is 22.8 Å². The molecule has 0 spiro atoms. The molecule has 0 unspecified atom stereocenters. The third kappa shape index (κ3) is 4.49. The molecule has 2 aromatic rings. The maximum Gasteiger partial charge on any atom is 0.325 e. The highest BCUT2D eigenvalue weighted by atomic mass is 32.2. The predicted octanol–water partition coefficient (Wildman–Crippen LogP) is 1.66. The van der Waals surface area contributed by atoms with Crippen LogP contribution >= 0.6 is 0 Å². The molecule has 4 rings (SSSR count). The third-order valence-electron chi connectivity index (χ3n) is 5.47. The molecule has 1 atom stereocenters. The summed E-state index contributed by atoms with van der Waals surface area (Å²) >= 11 is 0. The van der Waals surface area contributed by atoms with Gasteiger partial charge in [-0.05, 0) is 48.9 Å². The molecule has 11 heteroatoms. The van der Waals surface area contributed by atoms with Gasteiger partial charge in [0.25, 0.3) is 5.91 Å². The van der Waals surface area contributed by atoms with E-state index in [1.807, 2.05) is 0 Å². The Labute approximate surface area is 190 Å². The Hall–Kier alpha value is -3.60. The summed E-state index contributed by atoms with van der Waals surface area (Å²) in [5.41, 5.74) is -0.534. The van der Waals surface area contributed by atoms with Crippen LogP contribution in [0, 0.1) is 0 Å². The first-order chi connectivity index (χ1) is 15.6. The normalized spacial score (nSPS) is 20.2. The lowest BCUT2D eigenvalue weighted by atomic mass is 9.91. The molecule has 0 radical (unpaired) electrons. The quantitative estimate of drug-likeness (QED) is 0.632. The number of anilines is 1. The van der Waals surface area contributed by atoms with Gasteiger partial charge in [0.1, 0.15) is 12.1 Å². The maximum atomic E-state index is 13.1. The Morgan fingerprint density at radius 3 is 2.42 bits per heavy atom. The van der Waals surface area contributed by atoms with Gasteiger partial charge >= 0.3 is 6.03 Å². The number of sulfone groups is 1. The summed E-state index contributed by atoms with van der Waals surface area (Å²) in [6.07, 6.45) is 1.81. The summed E-state index contributed by atoms with van der Waals surface area (Å²) in [6, 6.07) is 9.92. The van der Waals surface area contributed by atoms with Crippen molar-refractivity contribution < 1.29 is 32.3 Å². The summed E-state index contributed by atoms with van der Waals surface area (Å²) in [5, 5.41) is 5.22. The zero-order valence-electron chi connectivity index (χ0n) is 18.1. The van der Waals surface area contributed by atoms with Crippen molar-refractivity contribution in [2.75, 3.05) is 31.3 Å². The fourth-order valence-corrected chi connectivity index (χ4v) is 4.27. The summed E-state index contributed by atoms with van der Waals surface area (Å²) in [4.78, 5) is 39.1. The lowest BCUT2D eigenvalue weighted by Crippen LogP contribution is -2.42. The largest absolute Gasteiger partial charge is 0.490 e. The number of carbonyl (C=O) groups excluding carboxylic acids is 3. The molecule has 0 saturated carbocycles. The molecule has 0 bridgehead atoms. The molecule has 2 aliphatic heterocycles. The average molecular weight is 474 g/mol. The molecule has 2 aliphatic rings. The Kier molecular flexibility index (Phi) is 5.75. The third-order valence-corrected chi connectivity index (χ3v) is 6.60. The van der Waals surface area contributed by atoms with Crippen LogP contribution < -0.4 is 20.1 Å². The first kappa shape index (κ1) is 22.6. The van der Waals surface area contributed by atoms with E-state index in [2.05, 4.69) is 10.6 Å². The van der Waals surface area contributed by atoms with Gasteiger partial charge in [0, 0.05) is 18.4 Å². The van der Waals surface area contributed by atoms with Crippen molar-refractivity contribution in [3.8, 4) is 11.5 Å². The molecule has 10 nitrogen and oxygen atoms in total. The number of amides is 4. The molecule has 174 valence electrons. The number of imide groups is 1. The van der Waals surface area contributed by atoms with E-state index in [1.54, 1.807) is 25.1 Å². The highest BCUT2D eigenvalue weighted by molar-refractivity contribution is 7.90. The minimum absolute atomic E-state index is 0.112. The molecular formula is C22H23N3O7S. The summed E-state index contributed by atoms with van der Waals surface area (Å²) < 4.78 is 34.4. The minimum Gasteiger partial charge on any atom is -0.490 e. The maximum absolute atomic E-state index is 13.1. The van der Waals surface area contributed by atoms with Crippen LogP contribution in [-0.2, 0) is 25.0 Å². The van der Waals surface area contributed by atoms with E-state index in [4.69, 9.17) is 9.47 Å². The number of nitrogens with one attached hydrogen (secondary N) is 2. The number of hydrogen-bond acceptors (Lipinski definition) is 7. The Morgan fingerprint density at radius 2 is 1.76 bits per heavy atom. The Balaban J connectivity index is 1.48. The van der Waals surface area contributed by atoms with Crippen LogP contribution in [0.3, 0.4) is 0 Å². The van der Waals surface area contributed by atoms with E-state index in [-0.39, 0.29) is 4.90 Å². The van der Waals surface area contributed by atoms with E-state index in [0.717, 1.165) is 17.6 Å². The molecule has 0 aromatic heterocycles. The number of ether oxygens (including phenoxy) is 2. The number of nitrogens with zero attached hydrogens (tertiary/aromatic N) is 1. The fourth-order valence-electron chi connectivity index (χ4n) is 3.64. The number of rotatable bonds is 5. The van der Waals surface area contributed by atoms with Crippen LogP contribution in [0.2, 0.25) is 0 Å². The first-order valence-electron chi connectivity index (χ1n) is 10.2. The van der Waals surface area contributed by atoms with Gasteiger partial charge in [0.05, 0.1) is 18.1 Å². The van der Waals surface area contributed by atoms with Gasteiger partial charge in [-0.2, -0.15) is 0 Å². The predicted molar refractivity (Wildman–Crippen MR) is 118 cm³/mol. The van der Waals surface area contributed by atoms with Gasteiger partial charge in [-0.15, -0.1) is 0 Å². The van der Waals surface area contributed by atoms with Crippen molar-refractivity contribution in [1.29, 1.82) is 0 Å². The van der Waals surface area contributed by atoms with Crippen LogP contribution in [-0.4, -0.2) is 57.2 Å². The Morgan fingerprint density at radius 1 is 1.09 bits per heavy atom. The lowest BCUT2D eigenvalue weighted by molar-refractivity contribution is -0.133. The van der Waals surface area contributed by atoms with E-state index >= 15 is 0 Å². The fraction of sp³-hybridized carbons (Fsp3) is 0.318. The van der Waals surface area contributed by atoms with Crippen molar-refractivity contribution in [3.63, 3.8) is 0 Å². The summed E-state index contributed by atoms with van der Waals surface area (Å²) in [7, 11) is -3.36. The molecule has 1 fully saturated rings. The van der Waals surface area contributed by atoms with Crippen molar-refractivity contribution >= 4 is 33.4 Å². The monoisotopic (exact) mass is 473 g/mol. The molecule has 1 saturated heterocycles. The van der Waals surface area contributed by atoms with E-state index in [0.29, 0.717) is 36.0 Å². The summed E-state index contributed by atoms with van der Waals surface area (Å²) in [6.45, 7) is 2.07. The zero-order chi connectivity index (χ0) is 23.8. The Bertz CT molecular complexity index is 1230. The number of urea groups is 1. The van der Waals surface area contributed by atoms with Crippen LogP contribution in [0.1, 0.15) is 18.9 Å². The molecule has 2 N–H and O–H groups in total. The SMILES string of the molecule is C[C@@]1(c2ccc3c(c2)OCCCO3)NC(=O)N(CC(=O)Nc2ccc(S(C)(=O)=O)cc2)C1=O. The van der Waals surface area contributed by atoms with Gasteiger partial charge in [-0.1, -0.05) is 6.07 Å². The average Bonchev–Trinajstić information content (AvgIpc) is 2.92. The van der Waals surface area contributed by atoms with Crippen molar-refractivity contribution in [2.24, 2.45) is 0 Å². The number of fused-ring (bicyclic) bond motifs is 1. The van der Waals surface area contributed by atoms with Crippen LogP contribution in [0.4, 0.5) is 10.5 Å². The second-order valence-electron chi connectivity index (χ2n) is 8.00. The van der Waals surface area contributed by atoms with Gasteiger partial charge in [0.15, 0.2) is 21.3 Å². The molecule has 33 heavy (non-hydrogen) atoms. The van der Waals surface area contributed by atoms with E-state index < -0.39 is 39.8 Å². The number of benzene rings is 2. The van der Waals surface area contributed by atoms with Crippen LogP contribution in [0.5, 0.6) is 11.5 Å². The molecule has 0 aliphatic carbocycles. The topological polar surface area (TPSA) is 131 Å². The second-order valence-corrected chi connectivity index (χ2v) is 10.0. The van der Waals surface area contributed by atoms with Gasteiger partial charge < -0.3 is 20.1 Å². The number of hydrogen-bond donors (Lipinski definition) is 2. The summed E-state index contributed by atoms with van der Waals surface area (Å²) in [5.74, 6) is -0.130.